The van der Waals surface area contributed by atoms with Crippen LogP contribution in [0.1, 0.15) is 23.6 Å². The van der Waals surface area contributed by atoms with Gasteiger partial charge in [0.1, 0.15) is 0 Å². The van der Waals surface area contributed by atoms with Crippen LogP contribution in [0.2, 0.25) is 0 Å². The van der Waals surface area contributed by atoms with Gasteiger partial charge in [0.05, 0.1) is 5.60 Å². The molecule has 0 saturated heterocycles. The first kappa shape index (κ1) is 13.6. The average Bonchev–Trinajstić information content (AvgIpc) is 2.32. The summed E-state index contributed by atoms with van der Waals surface area (Å²) < 4.78 is 1.21. The van der Waals surface area contributed by atoms with Gasteiger partial charge in [0.15, 0.2) is 0 Å². The van der Waals surface area contributed by atoms with Gasteiger partial charge >= 0.3 is 0 Å². The summed E-state index contributed by atoms with van der Waals surface area (Å²) in [7, 11) is 0. The van der Waals surface area contributed by atoms with Gasteiger partial charge in [0, 0.05) is 9.99 Å². The first-order chi connectivity index (χ1) is 8.49. The van der Waals surface area contributed by atoms with Crippen LogP contribution in [0.15, 0.2) is 48.5 Å². The Morgan fingerprint density at radius 1 is 1.06 bits per heavy atom. The number of aryl methyl sites for hydroxylation is 1. The highest BCUT2D eigenvalue weighted by Gasteiger charge is 2.24. The molecule has 2 rings (SSSR count). The highest BCUT2D eigenvalue weighted by Crippen LogP contribution is 2.27. The normalized spacial score (nSPS) is 14.2. The molecule has 0 amide bonds. The molecule has 0 aliphatic heterocycles. The van der Waals surface area contributed by atoms with E-state index in [9.17, 15) is 5.11 Å². The topological polar surface area (TPSA) is 20.2 Å². The molecule has 2 aromatic rings. The van der Waals surface area contributed by atoms with Gasteiger partial charge in [-0.15, -0.1) is 0 Å². The molecule has 18 heavy (non-hydrogen) atoms. The Bertz CT molecular complexity index is 529. The molecule has 0 saturated carbocycles. The Kier molecular flexibility index (Phi) is 4.07. The summed E-state index contributed by atoms with van der Waals surface area (Å²) in [6.45, 7) is 3.92. The van der Waals surface area contributed by atoms with E-state index in [0.717, 1.165) is 16.7 Å². The van der Waals surface area contributed by atoms with Gasteiger partial charge in [-0.1, -0.05) is 36.4 Å². The minimum atomic E-state index is -0.821. The van der Waals surface area contributed by atoms with Gasteiger partial charge in [-0.25, -0.2) is 0 Å². The number of halogens is 1. The fraction of sp³-hybridized carbons (Fsp3) is 0.250. The predicted octanol–water partition coefficient (Wildman–Crippen LogP) is 4.05. The molecule has 94 valence electrons. The highest BCUT2D eigenvalue weighted by molar-refractivity contribution is 14.1. The van der Waals surface area contributed by atoms with E-state index < -0.39 is 5.60 Å². The van der Waals surface area contributed by atoms with Crippen molar-refractivity contribution in [2.45, 2.75) is 25.9 Å². The maximum atomic E-state index is 10.7. The fourth-order valence-corrected chi connectivity index (χ4v) is 2.63. The summed E-state index contributed by atoms with van der Waals surface area (Å²) in [6.07, 6.45) is 0.634. The summed E-state index contributed by atoms with van der Waals surface area (Å²) in [5.41, 5.74) is 2.47. The molecule has 0 aliphatic carbocycles. The van der Waals surface area contributed by atoms with Crippen molar-refractivity contribution in [1.82, 2.24) is 0 Å². The van der Waals surface area contributed by atoms with Gasteiger partial charge in [0.2, 0.25) is 0 Å². The molecular formula is C16H17IO. The van der Waals surface area contributed by atoms with Crippen LogP contribution in [-0.4, -0.2) is 5.11 Å². The molecule has 2 heteroatoms. The number of benzene rings is 2. The Morgan fingerprint density at radius 2 is 1.67 bits per heavy atom. The minimum Gasteiger partial charge on any atom is -0.385 e. The zero-order valence-electron chi connectivity index (χ0n) is 10.7. The first-order valence-electron chi connectivity index (χ1n) is 6.02. The van der Waals surface area contributed by atoms with Crippen molar-refractivity contribution < 1.29 is 5.11 Å². The number of hydrogen-bond acceptors (Lipinski definition) is 1. The SMILES string of the molecule is Cc1ccccc1C(C)(O)Cc1ccc(I)cc1. The third kappa shape index (κ3) is 3.12. The largest absolute Gasteiger partial charge is 0.385 e. The lowest BCUT2D eigenvalue weighted by Gasteiger charge is -2.26. The standard InChI is InChI=1S/C16H17IO/c1-12-5-3-4-6-15(12)16(2,18)11-13-7-9-14(17)10-8-13/h3-10,18H,11H2,1-2H3. The van der Waals surface area contributed by atoms with E-state index in [-0.39, 0.29) is 0 Å². The molecular weight excluding hydrogens is 335 g/mol. The van der Waals surface area contributed by atoms with Crippen LogP contribution in [-0.2, 0) is 12.0 Å². The van der Waals surface area contributed by atoms with Gasteiger partial charge in [-0.2, -0.15) is 0 Å². The van der Waals surface area contributed by atoms with E-state index >= 15 is 0 Å². The van der Waals surface area contributed by atoms with Crippen molar-refractivity contribution in [2.24, 2.45) is 0 Å². The molecule has 0 aromatic heterocycles. The van der Waals surface area contributed by atoms with E-state index in [0.29, 0.717) is 6.42 Å². The molecule has 0 spiro atoms. The number of rotatable bonds is 3. The Labute approximate surface area is 122 Å². The zero-order valence-corrected chi connectivity index (χ0v) is 12.8. The number of aliphatic hydroxyl groups is 1. The van der Waals surface area contributed by atoms with Crippen molar-refractivity contribution >= 4 is 22.6 Å². The predicted molar refractivity (Wildman–Crippen MR) is 83.6 cm³/mol. The van der Waals surface area contributed by atoms with Crippen molar-refractivity contribution in [2.75, 3.05) is 0 Å². The Hall–Kier alpha value is -0.870. The smallest absolute Gasteiger partial charge is 0.0911 e. The van der Waals surface area contributed by atoms with Crippen molar-refractivity contribution in [1.29, 1.82) is 0 Å². The van der Waals surface area contributed by atoms with Gasteiger partial charge in [-0.05, 0) is 65.3 Å². The summed E-state index contributed by atoms with van der Waals surface area (Å²) in [5, 5.41) is 10.7. The zero-order chi connectivity index (χ0) is 13.2. The third-order valence-corrected chi connectivity index (χ3v) is 3.91. The average molecular weight is 352 g/mol. The van der Waals surface area contributed by atoms with E-state index in [1.165, 1.54) is 3.57 Å². The maximum absolute atomic E-state index is 10.7. The van der Waals surface area contributed by atoms with Crippen LogP contribution >= 0.6 is 22.6 Å². The molecule has 1 N–H and O–H groups in total. The Balaban J connectivity index is 2.27. The van der Waals surface area contributed by atoms with Crippen LogP contribution in [0.25, 0.3) is 0 Å². The summed E-state index contributed by atoms with van der Waals surface area (Å²) in [6, 6.07) is 16.3. The fourth-order valence-electron chi connectivity index (χ4n) is 2.27. The lowest BCUT2D eigenvalue weighted by Crippen LogP contribution is -2.25. The van der Waals surface area contributed by atoms with E-state index in [1.807, 2.05) is 38.1 Å². The van der Waals surface area contributed by atoms with E-state index in [4.69, 9.17) is 0 Å². The Morgan fingerprint density at radius 3 is 2.28 bits per heavy atom. The lowest BCUT2D eigenvalue weighted by atomic mass is 9.86. The third-order valence-electron chi connectivity index (χ3n) is 3.19. The summed E-state index contributed by atoms with van der Waals surface area (Å²) in [5.74, 6) is 0. The van der Waals surface area contributed by atoms with Gasteiger partial charge in [-0.3, -0.25) is 0 Å². The second kappa shape index (κ2) is 5.41. The monoisotopic (exact) mass is 352 g/mol. The highest BCUT2D eigenvalue weighted by atomic mass is 127. The van der Waals surface area contributed by atoms with Crippen LogP contribution in [0.4, 0.5) is 0 Å². The summed E-state index contributed by atoms with van der Waals surface area (Å²) >= 11 is 2.29. The molecule has 1 unspecified atom stereocenters. The molecule has 2 aromatic carbocycles. The molecule has 0 bridgehead atoms. The molecule has 0 heterocycles. The second-order valence-corrected chi connectivity index (χ2v) is 6.14. The molecule has 1 nitrogen and oxygen atoms in total. The lowest BCUT2D eigenvalue weighted by molar-refractivity contribution is 0.0570. The van der Waals surface area contributed by atoms with Crippen LogP contribution < -0.4 is 0 Å². The van der Waals surface area contributed by atoms with E-state index in [1.54, 1.807) is 0 Å². The van der Waals surface area contributed by atoms with Crippen molar-refractivity contribution in [3.63, 3.8) is 0 Å². The van der Waals surface area contributed by atoms with E-state index in [2.05, 4.69) is 46.9 Å². The molecule has 0 radical (unpaired) electrons. The van der Waals surface area contributed by atoms with Crippen LogP contribution in [0, 0.1) is 10.5 Å². The number of hydrogen-bond donors (Lipinski definition) is 1. The first-order valence-corrected chi connectivity index (χ1v) is 7.10. The van der Waals surface area contributed by atoms with Gasteiger partial charge < -0.3 is 5.11 Å². The molecule has 0 aliphatic rings. The second-order valence-electron chi connectivity index (χ2n) is 4.89. The summed E-state index contributed by atoms with van der Waals surface area (Å²) in [4.78, 5) is 0. The minimum absolute atomic E-state index is 0.634. The van der Waals surface area contributed by atoms with Crippen LogP contribution in [0.5, 0.6) is 0 Å². The quantitative estimate of drug-likeness (QED) is 0.827. The van der Waals surface area contributed by atoms with Crippen molar-refractivity contribution in [3.05, 3.63) is 68.8 Å². The maximum Gasteiger partial charge on any atom is 0.0911 e. The van der Waals surface area contributed by atoms with Crippen molar-refractivity contribution in [3.8, 4) is 0 Å². The van der Waals surface area contributed by atoms with Crippen LogP contribution in [0.3, 0.4) is 0 Å². The molecule has 0 fully saturated rings. The molecule has 1 atom stereocenters. The van der Waals surface area contributed by atoms with Gasteiger partial charge in [0.25, 0.3) is 0 Å².